The first kappa shape index (κ1) is 25.8. The number of likely N-dealkylation sites (N-methyl/N-ethyl adjacent to an activating group) is 1. The zero-order valence-corrected chi connectivity index (χ0v) is 22.8. The zero-order valence-electron chi connectivity index (χ0n) is 22.1. The van der Waals surface area contributed by atoms with Gasteiger partial charge in [-0.15, -0.1) is 0 Å². The molecule has 0 aliphatic carbocycles. The molecule has 196 valence electrons. The van der Waals surface area contributed by atoms with Crippen LogP contribution in [0.3, 0.4) is 0 Å². The molecule has 8 heteroatoms. The van der Waals surface area contributed by atoms with E-state index in [1.165, 1.54) is 16.9 Å². The lowest BCUT2D eigenvalue weighted by molar-refractivity contribution is -0.129. The number of anilines is 1. The number of halogens is 1. The highest BCUT2D eigenvalue weighted by molar-refractivity contribution is 6.30. The van der Waals surface area contributed by atoms with E-state index in [-0.39, 0.29) is 11.9 Å². The molecule has 1 N–H and O–H groups in total. The number of benzene rings is 2. The average molecular weight is 521 g/mol. The highest BCUT2D eigenvalue weighted by atomic mass is 35.5. The summed E-state index contributed by atoms with van der Waals surface area (Å²) in [4.78, 5) is 19.1. The summed E-state index contributed by atoms with van der Waals surface area (Å²) in [5, 5.41) is 9.35. The van der Waals surface area contributed by atoms with Gasteiger partial charge in [0.1, 0.15) is 0 Å². The smallest absolute Gasteiger partial charge is 0.219 e. The summed E-state index contributed by atoms with van der Waals surface area (Å²) in [6.45, 7) is 11.1. The Morgan fingerprint density at radius 2 is 1.76 bits per heavy atom. The molecule has 0 spiro atoms. The minimum absolute atomic E-state index is 0.110. The minimum atomic E-state index is 0.110. The van der Waals surface area contributed by atoms with E-state index in [0.717, 1.165) is 69.1 Å². The molecule has 2 aliphatic heterocycles. The SMILES string of the molecule is CNC(CN1CCN(c2ccccc2C)CC1)Cn1nc(-c2ccc(Cl)cc2)c2c1CCN(C(C)=O)C2. The Hall–Kier alpha value is -2.87. The van der Waals surface area contributed by atoms with Gasteiger partial charge in [-0.25, -0.2) is 0 Å². The fourth-order valence-corrected chi connectivity index (χ4v) is 5.73. The van der Waals surface area contributed by atoms with E-state index in [2.05, 4.69) is 51.0 Å². The quantitative estimate of drug-likeness (QED) is 0.513. The number of piperazine rings is 1. The van der Waals surface area contributed by atoms with Gasteiger partial charge in [-0.05, 0) is 37.7 Å². The number of aromatic nitrogens is 2. The van der Waals surface area contributed by atoms with Crippen molar-refractivity contribution >= 4 is 23.2 Å². The van der Waals surface area contributed by atoms with Crippen molar-refractivity contribution in [1.29, 1.82) is 0 Å². The number of aryl methyl sites for hydroxylation is 1. The van der Waals surface area contributed by atoms with Gasteiger partial charge >= 0.3 is 0 Å². The van der Waals surface area contributed by atoms with E-state index in [0.29, 0.717) is 11.6 Å². The Kier molecular flexibility index (Phi) is 7.84. The van der Waals surface area contributed by atoms with Crippen LogP contribution in [0.25, 0.3) is 11.3 Å². The standard InChI is InChI=1S/C29H37ClN6O/c1-21-6-4-5-7-27(21)34-16-14-33(15-17-34)18-25(31-3)19-36-28-12-13-35(22(2)37)20-26(28)29(32-36)23-8-10-24(30)11-9-23/h4-11,25,31H,12-20H2,1-3H3. The minimum Gasteiger partial charge on any atom is -0.369 e. The van der Waals surface area contributed by atoms with Crippen molar-refractivity contribution in [3.05, 3.63) is 70.4 Å². The molecule has 2 aromatic carbocycles. The maximum atomic E-state index is 12.1. The van der Waals surface area contributed by atoms with E-state index in [1.807, 2.05) is 36.2 Å². The fraction of sp³-hybridized carbons (Fsp3) is 0.448. The highest BCUT2D eigenvalue weighted by Crippen LogP contribution is 2.31. The normalized spacial score (nSPS) is 17.1. The second-order valence-electron chi connectivity index (χ2n) is 10.2. The number of nitrogens with one attached hydrogen (secondary N) is 1. The molecule has 1 amide bonds. The molecule has 7 nitrogen and oxygen atoms in total. The van der Waals surface area contributed by atoms with E-state index in [4.69, 9.17) is 16.7 Å². The van der Waals surface area contributed by atoms with Crippen LogP contribution in [0.1, 0.15) is 23.7 Å². The molecule has 1 fully saturated rings. The monoisotopic (exact) mass is 520 g/mol. The topological polar surface area (TPSA) is 56.6 Å². The van der Waals surface area contributed by atoms with Gasteiger partial charge in [-0.2, -0.15) is 5.10 Å². The van der Waals surface area contributed by atoms with Crippen LogP contribution >= 0.6 is 11.6 Å². The Bertz CT molecular complexity index is 1230. The number of fused-ring (bicyclic) bond motifs is 1. The molecule has 3 heterocycles. The second-order valence-corrected chi connectivity index (χ2v) is 10.6. The zero-order chi connectivity index (χ0) is 25.9. The van der Waals surface area contributed by atoms with Gasteiger partial charge in [0.15, 0.2) is 0 Å². The van der Waals surface area contributed by atoms with Gasteiger partial charge in [0.2, 0.25) is 5.91 Å². The largest absolute Gasteiger partial charge is 0.369 e. The van der Waals surface area contributed by atoms with Crippen molar-refractivity contribution in [2.45, 2.75) is 39.4 Å². The first-order valence-corrected chi connectivity index (χ1v) is 13.6. The lowest BCUT2D eigenvalue weighted by Gasteiger charge is -2.38. The summed E-state index contributed by atoms with van der Waals surface area (Å²) in [7, 11) is 2.04. The molecule has 0 radical (unpaired) electrons. The summed E-state index contributed by atoms with van der Waals surface area (Å²) in [5.74, 6) is 0.110. The molecule has 0 bridgehead atoms. The molecule has 37 heavy (non-hydrogen) atoms. The van der Waals surface area contributed by atoms with E-state index >= 15 is 0 Å². The molecule has 0 saturated carbocycles. The molecule has 3 aromatic rings. The predicted molar refractivity (Wildman–Crippen MR) is 150 cm³/mol. The summed E-state index contributed by atoms with van der Waals surface area (Å²) >= 11 is 6.15. The van der Waals surface area contributed by atoms with E-state index in [9.17, 15) is 4.79 Å². The van der Waals surface area contributed by atoms with Crippen molar-refractivity contribution in [1.82, 2.24) is 24.9 Å². The summed E-state index contributed by atoms with van der Waals surface area (Å²) in [5.41, 5.74) is 7.09. The maximum Gasteiger partial charge on any atom is 0.219 e. The first-order chi connectivity index (χ1) is 17.9. The number of nitrogens with zero attached hydrogens (tertiary/aromatic N) is 5. The lowest BCUT2D eigenvalue weighted by atomic mass is 10.0. The van der Waals surface area contributed by atoms with E-state index < -0.39 is 0 Å². The van der Waals surface area contributed by atoms with Crippen LogP contribution in [0, 0.1) is 6.92 Å². The van der Waals surface area contributed by atoms with Crippen molar-refractivity contribution in [3.63, 3.8) is 0 Å². The van der Waals surface area contributed by atoms with Crippen LogP contribution in [0.4, 0.5) is 5.69 Å². The van der Waals surface area contributed by atoms with Crippen LogP contribution in [0.5, 0.6) is 0 Å². The van der Waals surface area contributed by atoms with Crippen LogP contribution in [0.2, 0.25) is 5.02 Å². The van der Waals surface area contributed by atoms with Crippen LogP contribution in [-0.4, -0.2) is 77.8 Å². The average Bonchev–Trinajstić information content (AvgIpc) is 3.27. The third kappa shape index (κ3) is 5.69. The third-order valence-corrected chi connectivity index (χ3v) is 8.06. The van der Waals surface area contributed by atoms with E-state index in [1.54, 1.807) is 6.92 Å². The summed E-state index contributed by atoms with van der Waals surface area (Å²) in [6.07, 6.45) is 0.820. The summed E-state index contributed by atoms with van der Waals surface area (Å²) < 4.78 is 2.18. The van der Waals surface area contributed by atoms with Crippen molar-refractivity contribution in [2.75, 3.05) is 51.2 Å². The number of para-hydroxylation sites is 1. The molecule has 1 atom stereocenters. The number of hydrogen-bond donors (Lipinski definition) is 1. The molecule has 2 aliphatic rings. The van der Waals surface area contributed by atoms with Gasteiger partial charge in [-0.3, -0.25) is 14.4 Å². The van der Waals surface area contributed by atoms with Crippen molar-refractivity contribution < 1.29 is 4.79 Å². The van der Waals surface area contributed by atoms with Crippen molar-refractivity contribution in [2.24, 2.45) is 0 Å². The predicted octanol–water partition coefficient (Wildman–Crippen LogP) is 3.83. The number of hydrogen-bond acceptors (Lipinski definition) is 5. The van der Waals surface area contributed by atoms with Gasteiger partial charge in [-0.1, -0.05) is 41.9 Å². The molecule has 1 saturated heterocycles. The van der Waals surface area contributed by atoms with Gasteiger partial charge in [0, 0.05) is 92.7 Å². The van der Waals surface area contributed by atoms with Crippen LogP contribution < -0.4 is 10.2 Å². The second kappa shape index (κ2) is 11.3. The first-order valence-electron chi connectivity index (χ1n) is 13.2. The molecular weight excluding hydrogens is 484 g/mol. The fourth-order valence-electron chi connectivity index (χ4n) is 5.60. The Labute approximate surface area is 225 Å². The van der Waals surface area contributed by atoms with Crippen LogP contribution in [-0.2, 0) is 24.3 Å². The van der Waals surface area contributed by atoms with Crippen LogP contribution in [0.15, 0.2) is 48.5 Å². The number of amides is 1. The third-order valence-electron chi connectivity index (χ3n) is 7.81. The Morgan fingerprint density at radius 1 is 1.03 bits per heavy atom. The van der Waals surface area contributed by atoms with Crippen molar-refractivity contribution in [3.8, 4) is 11.3 Å². The molecule has 1 aromatic heterocycles. The Morgan fingerprint density at radius 3 is 2.43 bits per heavy atom. The number of carbonyl (C=O) groups excluding carboxylic acids is 1. The van der Waals surface area contributed by atoms with Gasteiger partial charge < -0.3 is 15.1 Å². The lowest BCUT2D eigenvalue weighted by Crippen LogP contribution is -2.51. The molecule has 5 rings (SSSR count). The van der Waals surface area contributed by atoms with Gasteiger partial charge in [0.05, 0.1) is 12.2 Å². The van der Waals surface area contributed by atoms with Gasteiger partial charge in [0.25, 0.3) is 0 Å². The molecule has 1 unspecified atom stereocenters. The summed E-state index contributed by atoms with van der Waals surface area (Å²) in [6, 6.07) is 16.8. The molecular formula is C29H37ClN6O. The Balaban J connectivity index is 1.30. The number of rotatable bonds is 7. The highest BCUT2D eigenvalue weighted by Gasteiger charge is 2.28. The maximum absolute atomic E-state index is 12.1. The number of carbonyl (C=O) groups is 1.